The maximum atomic E-state index is 12.5. The summed E-state index contributed by atoms with van der Waals surface area (Å²) in [6, 6.07) is 14.2. The van der Waals surface area contributed by atoms with Crippen molar-refractivity contribution in [3.8, 4) is 17.2 Å². The minimum Gasteiger partial charge on any atom is -0.494 e. The second-order valence-corrected chi connectivity index (χ2v) is 7.51. The number of aromatic nitrogens is 2. The van der Waals surface area contributed by atoms with Gasteiger partial charge in [-0.25, -0.2) is 0 Å². The highest BCUT2D eigenvalue weighted by Crippen LogP contribution is 2.27. The Labute approximate surface area is 172 Å². The van der Waals surface area contributed by atoms with Crippen molar-refractivity contribution in [2.24, 2.45) is 0 Å². The molecule has 1 amide bonds. The molecular formula is C21H21N3O4S. The number of nitrogens with zero attached hydrogens (tertiary/aromatic N) is 2. The van der Waals surface area contributed by atoms with Gasteiger partial charge >= 0.3 is 0 Å². The van der Waals surface area contributed by atoms with E-state index in [4.69, 9.17) is 9.15 Å². The number of ketones is 1. The summed E-state index contributed by atoms with van der Waals surface area (Å²) >= 11 is 1.16. The third-order valence-electron chi connectivity index (χ3n) is 4.00. The second kappa shape index (κ2) is 9.38. The number of carbonyl (C=O) groups excluding carboxylic acids is 2. The van der Waals surface area contributed by atoms with Crippen LogP contribution in [0.15, 0.2) is 58.2 Å². The molecule has 3 rings (SSSR count). The Bertz CT molecular complexity index is 1000. The summed E-state index contributed by atoms with van der Waals surface area (Å²) < 4.78 is 11.1. The van der Waals surface area contributed by atoms with Crippen LogP contribution in [0.4, 0.5) is 5.69 Å². The van der Waals surface area contributed by atoms with Crippen molar-refractivity contribution in [3.63, 3.8) is 0 Å². The molecule has 0 bridgehead atoms. The molecule has 8 heteroatoms. The lowest BCUT2D eigenvalue weighted by Crippen LogP contribution is -2.22. The smallest absolute Gasteiger partial charge is 0.277 e. The third-order valence-corrected chi connectivity index (χ3v) is 4.94. The number of benzene rings is 2. The third kappa shape index (κ3) is 5.45. The molecular weight excluding hydrogens is 390 g/mol. The number of thioether (sulfide) groups is 1. The second-order valence-electron chi connectivity index (χ2n) is 6.22. The van der Waals surface area contributed by atoms with Crippen molar-refractivity contribution >= 4 is 29.1 Å². The van der Waals surface area contributed by atoms with E-state index in [1.54, 1.807) is 31.2 Å². The van der Waals surface area contributed by atoms with Gasteiger partial charge in [0.05, 0.1) is 11.9 Å². The summed E-state index contributed by atoms with van der Waals surface area (Å²) in [6.07, 6.45) is 0. The highest BCUT2D eigenvalue weighted by Gasteiger charge is 2.19. The standard InChI is InChI=1S/C21H21N3O4S/c1-4-27-18-10-8-15(9-11-18)20-23-24-21(28-20)29-14(3)19(26)22-17-7-5-6-16(12-17)13(2)25/h5-12,14H,4H2,1-3H3,(H,22,26)/t14-/m0/s1. The highest BCUT2D eigenvalue weighted by molar-refractivity contribution is 8.00. The number of nitrogens with one attached hydrogen (secondary N) is 1. The number of hydrogen-bond acceptors (Lipinski definition) is 7. The molecule has 150 valence electrons. The average Bonchev–Trinajstić information content (AvgIpc) is 3.17. The van der Waals surface area contributed by atoms with Crippen LogP contribution in [0.25, 0.3) is 11.5 Å². The molecule has 0 aliphatic heterocycles. The molecule has 1 N–H and O–H groups in total. The number of carbonyl (C=O) groups is 2. The molecule has 0 aliphatic rings. The van der Waals surface area contributed by atoms with Crippen LogP contribution in [0.3, 0.4) is 0 Å². The molecule has 0 saturated carbocycles. The molecule has 0 unspecified atom stereocenters. The summed E-state index contributed by atoms with van der Waals surface area (Å²) in [5.41, 5.74) is 1.88. The number of anilines is 1. The van der Waals surface area contributed by atoms with E-state index in [-0.39, 0.29) is 11.7 Å². The first kappa shape index (κ1) is 20.6. The highest BCUT2D eigenvalue weighted by atomic mass is 32.2. The van der Waals surface area contributed by atoms with Crippen LogP contribution < -0.4 is 10.1 Å². The summed E-state index contributed by atoms with van der Waals surface area (Å²) in [5, 5.41) is 10.7. The molecule has 1 heterocycles. The Morgan fingerprint density at radius 3 is 2.62 bits per heavy atom. The maximum absolute atomic E-state index is 12.5. The van der Waals surface area contributed by atoms with Gasteiger partial charge in [-0.15, -0.1) is 10.2 Å². The maximum Gasteiger partial charge on any atom is 0.277 e. The molecule has 2 aromatic carbocycles. The van der Waals surface area contributed by atoms with E-state index in [0.29, 0.717) is 29.0 Å². The van der Waals surface area contributed by atoms with Gasteiger partial charge in [0, 0.05) is 16.8 Å². The van der Waals surface area contributed by atoms with E-state index in [1.165, 1.54) is 6.92 Å². The summed E-state index contributed by atoms with van der Waals surface area (Å²) in [7, 11) is 0. The predicted molar refractivity (Wildman–Crippen MR) is 111 cm³/mol. The van der Waals surface area contributed by atoms with Gasteiger partial charge in [0.2, 0.25) is 11.8 Å². The topological polar surface area (TPSA) is 94.3 Å². The zero-order valence-corrected chi connectivity index (χ0v) is 17.2. The zero-order chi connectivity index (χ0) is 20.8. The Hall–Kier alpha value is -3.13. The lowest BCUT2D eigenvalue weighted by Gasteiger charge is -2.10. The first-order valence-electron chi connectivity index (χ1n) is 9.11. The summed E-state index contributed by atoms with van der Waals surface area (Å²) in [5.74, 6) is 0.856. The van der Waals surface area contributed by atoms with Gasteiger partial charge in [-0.2, -0.15) is 0 Å². The Morgan fingerprint density at radius 2 is 1.93 bits per heavy atom. The van der Waals surface area contributed by atoms with Gasteiger partial charge in [0.1, 0.15) is 5.75 Å². The molecule has 0 radical (unpaired) electrons. The zero-order valence-electron chi connectivity index (χ0n) is 16.3. The van der Waals surface area contributed by atoms with Gasteiger partial charge < -0.3 is 14.5 Å². The fraction of sp³-hybridized carbons (Fsp3) is 0.238. The number of rotatable bonds is 8. The molecule has 0 saturated heterocycles. The predicted octanol–water partition coefficient (Wildman–Crippen LogP) is 4.46. The van der Waals surface area contributed by atoms with E-state index < -0.39 is 5.25 Å². The SMILES string of the molecule is CCOc1ccc(-c2nnc(S[C@@H](C)C(=O)Nc3cccc(C(C)=O)c3)o2)cc1. The van der Waals surface area contributed by atoms with Gasteiger partial charge in [-0.05, 0) is 57.2 Å². The van der Waals surface area contributed by atoms with E-state index in [0.717, 1.165) is 23.1 Å². The monoisotopic (exact) mass is 411 g/mol. The van der Waals surface area contributed by atoms with Crippen molar-refractivity contribution in [1.82, 2.24) is 10.2 Å². The van der Waals surface area contributed by atoms with Crippen LogP contribution in [0.2, 0.25) is 0 Å². The van der Waals surface area contributed by atoms with Crippen molar-refractivity contribution in [1.29, 1.82) is 0 Å². The quantitative estimate of drug-likeness (QED) is 0.432. The fourth-order valence-corrected chi connectivity index (χ4v) is 3.18. The molecule has 29 heavy (non-hydrogen) atoms. The van der Waals surface area contributed by atoms with E-state index >= 15 is 0 Å². The normalized spacial score (nSPS) is 11.7. The molecule has 0 spiro atoms. The number of amides is 1. The van der Waals surface area contributed by atoms with Gasteiger partial charge in [0.25, 0.3) is 5.22 Å². The van der Waals surface area contributed by atoms with E-state index in [2.05, 4.69) is 15.5 Å². The average molecular weight is 411 g/mol. The molecule has 3 aromatic rings. The van der Waals surface area contributed by atoms with Gasteiger partial charge in [-0.1, -0.05) is 23.9 Å². The van der Waals surface area contributed by atoms with Crippen LogP contribution in [-0.2, 0) is 4.79 Å². The Balaban J connectivity index is 1.62. The van der Waals surface area contributed by atoms with Crippen LogP contribution in [-0.4, -0.2) is 33.7 Å². The number of hydrogen-bond donors (Lipinski definition) is 1. The van der Waals surface area contributed by atoms with Crippen LogP contribution in [0.5, 0.6) is 5.75 Å². The Morgan fingerprint density at radius 1 is 1.17 bits per heavy atom. The molecule has 0 aliphatic carbocycles. The number of ether oxygens (including phenoxy) is 1. The van der Waals surface area contributed by atoms with Crippen LogP contribution in [0, 0.1) is 0 Å². The van der Waals surface area contributed by atoms with Gasteiger partial charge in [-0.3, -0.25) is 9.59 Å². The summed E-state index contributed by atoms with van der Waals surface area (Å²) in [6.45, 7) is 5.75. The lowest BCUT2D eigenvalue weighted by atomic mass is 10.1. The number of Topliss-reactive ketones (excluding diaryl/α,β-unsaturated/α-hetero) is 1. The van der Waals surface area contributed by atoms with E-state index in [1.807, 2.05) is 31.2 Å². The Kier molecular flexibility index (Phi) is 6.66. The fourth-order valence-electron chi connectivity index (χ4n) is 2.50. The van der Waals surface area contributed by atoms with Crippen molar-refractivity contribution < 1.29 is 18.7 Å². The molecule has 1 atom stereocenters. The van der Waals surface area contributed by atoms with Crippen LogP contribution in [0.1, 0.15) is 31.1 Å². The lowest BCUT2D eigenvalue weighted by molar-refractivity contribution is -0.115. The molecule has 1 aromatic heterocycles. The minimum atomic E-state index is -0.468. The summed E-state index contributed by atoms with van der Waals surface area (Å²) in [4.78, 5) is 23.9. The first-order valence-corrected chi connectivity index (χ1v) is 9.99. The minimum absolute atomic E-state index is 0.0591. The van der Waals surface area contributed by atoms with Crippen molar-refractivity contribution in [2.75, 3.05) is 11.9 Å². The molecule has 0 fully saturated rings. The molecule has 7 nitrogen and oxygen atoms in total. The van der Waals surface area contributed by atoms with E-state index in [9.17, 15) is 9.59 Å². The first-order chi connectivity index (χ1) is 14.0. The largest absolute Gasteiger partial charge is 0.494 e. The van der Waals surface area contributed by atoms with Crippen molar-refractivity contribution in [3.05, 3.63) is 54.1 Å². The van der Waals surface area contributed by atoms with Crippen LogP contribution >= 0.6 is 11.8 Å². The van der Waals surface area contributed by atoms with Crippen molar-refractivity contribution in [2.45, 2.75) is 31.2 Å². The van der Waals surface area contributed by atoms with Gasteiger partial charge in [0.15, 0.2) is 5.78 Å².